The summed E-state index contributed by atoms with van der Waals surface area (Å²) in [5.74, 6) is 2.27. The first-order valence-corrected chi connectivity index (χ1v) is 10.1. The molecule has 0 N–H and O–H groups in total. The maximum Gasteiger partial charge on any atom is 0.131 e. The number of benzene rings is 2. The van der Waals surface area contributed by atoms with Crippen molar-refractivity contribution in [3.05, 3.63) is 70.8 Å². The number of hydrogen-bond donors (Lipinski definition) is 0. The average molecular weight is 377 g/mol. The molecule has 0 aliphatic carbocycles. The first-order chi connectivity index (χ1) is 13.5. The van der Waals surface area contributed by atoms with Gasteiger partial charge in [-0.25, -0.2) is 0 Å². The van der Waals surface area contributed by atoms with E-state index in [2.05, 4.69) is 96.0 Å². The fourth-order valence-electron chi connectivity index (χ4n) is 3.93. The molecule has 148 valence electrons. The topological polar surface area (TPSA) is 31.2 Å². The molecule has 28 heavy (non-hydrogen) atoms. The Kier molecular flexibility index (Phi) is 6.18. The van der Waals surface area contributed by atoms with Crippen LogP contribution in [0.25, 0.3) is 0 Å². The van der Waals surface area contributed by atoms with Crippen molar-refractivity contribution in [1.82, 2.24) is 9.80 Å². The molecule has 2 aromatic carbocycles. The van der Waals surface area contributed by atoms with E-state index >= 15 is 0 Å². The molecule has 2 aliphatic heterocycles. The van der Waals surface area contributed by atoms with E-state index in [0.29, 0.717) is 12.1 Å². The second-order valence-corrected chi connectivity index (χ2v) is 7.85. The van der Waals surface area contributed by atoms with E-state index in [1.165, 1.54) is 22.3 Å². The molecule has 4 heteroatoms. The maximum atomic E-state index is 4.37. The van der Waals surface area contributed by atoms with Crippen molar-refractivity contribution in [3.8, 4) is 0 Å². The fraction of sp³-hybridized carbons (Fsp3) is 0.417. The molecule has 2 aliphatic rings. The molecule has 2 aromatic rings. The van der Waals surface area contributed by atoms with Crippen LogP contribution in [0, 0.1) is 0 Å². The van der Waals surface area contributed by atoms with Crippen LogP contribution >= 0.6 is 0 Å². The largest absolute Gasteiger partial charge is 0.350 e. The monoisotopic (exact) mass is 376 g/mol. The lowest BCUT2D eigenvalue weighted by Gasteiger charge is -2.23. The van der Waals surface area contributed by atoms with E-state index in [1.807, 2.05) is 14.1 Å². The summed E-state index contributed by atoms with van der Waals surface area (Å²) in [4.78, 5) is 13.4. The van der Waals surface area contributed by atoms with Gasteiger partial charge < -0.3 is 9.80 Å². The van der Waals surface area contributed by atoms with Crippen LogP contribution in [0.3, 0.4) is 0 Å². The molecule has 0 saturated heterocycles. The highest BCUT2D eigenvalue weighted by Gasteiger charge is 2.26. The van der Waals surface area contributed by atoms with Crippen molar-refractivity contribution in [1.29, 1.82) is 0 Å². The van der Waals surface area contributed by atoms with E-state index in [1.54, 1.807) is 0 Å². The molecule has 0 fully saturated rings. The lowest BCUT2D eigenvalue weighted by Crippen LogP contribution is -2.31. The van der Waals surface area contributed by atoms with Crippen molar-refractivity contribution < 1.29 is 0 Å². The summed E-state index contributed by atoms with van der Waals surface area (Å²) < 4.78 is 0. The molecule has 0 bridgehead atoms. The zero-order chi connectivity index (χ0) is 20.3. The first-order valence-electron chi connectivity index (χ1n) is 10.1. The average Bonchev–Trinajstić information content (AvgIpc) is 3.26. The molecule has 0 amide bonds. The highest BCUT2D eigenvalue weighted by atomic mass is 15.2. The lowest BCUT2D eigenvalue weighted by atomic mass is 10.1. The van der Waals surface area contributed by atoms with Crippen LogP contribution in [0.2, 0.25) is 0 Å². The Balaban J connectivity index is 0.000000161. The molecule has 0 atom stereocenters. The molecular formula is C24H32N4. The second-order valence-electron chi connectivity index (χ2n) is 7.85. The van der Waals surface area contributed by atoms with Crippen molar-refractivity contribution >= 4 is 11.7 Å². The fourth-order valence-corrected chi connectivity index (χ4v) is 3.93. The van der Waals surface area contributed by atoms with Crippen LogP contribution in [-0.2, 0) is 13.1 Å². The van der Waals surface area contributed by atoms with Gasteiger partial charge in [0.2, 0.25) is 0 Å². The number of nitrogens with zero attached hydrogens (tertiary/aromatic N) is 4. The third-order valence-electron chi connectivity index (χ3n) is 5.41. The Morgan fingerprint density at radius 3 is 1.32 bits per heavy atom. The number of amidine groups is 2. The molecule has 0 radical (unpaired) electrons. The Labute approximate surface area is 169 Å². The quantitative estimate of drug-likeness (QED) is 0.768. The minimum absolute atomic E-state index is 0.515. The normalized spacial score (nSPS) is 18.0. The van der Waals surface area contributed by atoms with Gasteiger partial charge in [-0.1, -0.05) is 48.5 Å². The number of hydrogen-bond acceptors (Lipinski definition) is 2. The minimum atomic E-state index is 0.515. The Morgan fingerprint density at radius 2 is 1.00 bits per heavy atom. The van der Waals surface area contributed by atoms with E-state index in [-0.39, 0.29) is 0 Å². The minimum Gasteiger partial charge on any atom is -0.350 e. The van der Waals surface area contributed by atoms with E-state index in [4.69, 9.17) is 0 Å². The Bertz CT molecular complexity index is 806. The summed E-state index contributed by atoms with van der Waals surface area (Å²) in [6.07, 6.45) is 0. The summed E-state index contributed by atoms with van der Waals surface area (Å²) in [7, 11) is 3.74. The van der Waals surface area contributed by atoms with Gasteiger partial charge >= 0.3 is 0 Å². The van der Waals surface area contributed by atoms with Crippen molar-refractivity contribution in [3.63, 3.8) is 0 Å². The summed E-state index contributed by atoms with van der Waals surface area (Å²) in [6.45, 7) is 10.8. The maximum absolute atomic E-state index is 4.37. The van der Waals surface area contributed by atoms with Crippen LogP contribution in [-0.4, -0.2) is 47.7 Å². The summed E-state index contributed by atoms with van der Waals surface area (Å²) >= 11 is 0. The summed E-state index contributed by atoms with van der Waals surface area (Å²) in [5.41, 5.74) is 5.37. The summed E-state index contributed by atoms with van der Waals surface area (Å²) in [5, 5.41) is 0. The number of fused-ring (bicyclic) bond motifs is 2. The van der Waals surface area contributed by atoms with Crippen LogP contribution in [0.5, 0.6) is 0 Å². The third kappa shape index (κ3) is 3.82. The van der Waals surface area contributed by atoms with E-state index < -0.39 is 0 Å². The van der Waals surface area contributed by atoms with Crippen LogP contribution in [0.4, 0.5) is 0 Å². The van der Waals surface area contributed by atoms with Gasteiger partial charge in [-0.2, -0.15) is 0 Å². The van der Waals surface area contributed by atoms with Crippen LogP contribution in [0.1, 0.15) is 49.9 Å². The molecule has 0 saturated carbocycles. The van der Waals surface area contributed by atoms with Gasteiger partial charge in [0.25, 0.3) is 0 Å². The van der Waals surface area contributed by atoms with E-state index in [0.717, 1.165) is 24.8 Å². The first kappa shape index (κ1) is 20.1. The SMILES string of the molecule is CN=C1c2ccccc2CN1C(C)C.CN=C1c2ccccc2CN1C(C)C. The standard InChI is InChI=1S/2C12H16N2/c2*1-9(2)14-8-10-6-4-5-7-11(10)12(14)13-3/h2*4-7,9H,8H2,1-3H3. The van der Waals surface area contributed by atoms with Gasteiger partial charge in [0, 0.05) is 50.4 Å². The molecule has 0 unspecified atom stereocenters. The number of rotatable bonds is 2. The van der Waals surface area contributed by atoms with Crippen LogP contribution < -0.4 is 0 Å². The second kappa shape index (κ2) is 8.59. The third-order valence-corrected chi connectivity index (χ3v) is 5.41. The van der Waals surface area contributed by atoms with Crippen LogP contribution in [0.15, 0.2) is 58.5 Å². The van der Waals surface area contributed by atoms with Crippen molar-refractivity contribution in [2.45, 2.75) is 52.9 Å². The lowest BCUT2D eigenvalue weighted by molar-refractivity contribution is 0.356. The molecule has 4 rings (SSSR count). The predicted octanol–water partition coefficient (Wildman–Crippen LogP) is 4.57. The predicted molar refractivity (Wildman–Crippen MR) is 119 cm³/mol. The van der Waals surface area contributed by atoms with Gasteiger partial charge in [-0.05, 0) is 38.8 Å². The van der Waals surface area contributed by atoms with E-state index in [9.17, 15) is 0 Å². The van der Waals surface area contributed by atoms with Gasteiger partial charge in [0.1, 0.15) is 11.7 Å². The molecule has 4 nitrogen and oxygen atoms in total. The van der Waals surface area contributed by atoms with Gasteiger partial charge in [-0.15, -0.1) is 0 Å². The van der Waals surface area contributed by atoms with Crippen molar-refractivity contribution in [2.75, 3.05) is 14.1 Å². The zero-order valence-corrected chi connectivity index (χ0v) is 18.0. The highest BCUT2D eigenvalue weighted by Crippen LogP contribution is 2.25. The van der Waals surface area contributed by atoms with Gasteiger partial charge in [0.05, 0.1) is 0 Å². The Hall–Kier alpha value is -2.62. The zero-order valence-electron chi connectivity index (χ0n) is 18.0. The number of aliphatic imine (C=N–C) groups is 2. The molecule has 0 spiro atoms. The molecule has 0 aromatic heterocycles. The highest BCUT2D eigenvalue weighted by molar-refractivity contribution is 6.03. The molecule has 2 heterocycles. The molecular weight excluding hydrogens is 344 g/mol. The van der Waals surface area contributed by atoms with Crippen molar-refractivity contribution in [2.24, 2.45) is 9.98 Å². The summed E-state index contributed by atoms with van der Waals surface area (Å²) in [6, 6.07) is 18.0. The Morgan fingerprint density at radius 1 is 0.643 bits per heavy atom. The van der Waals surface area contributed by atoms with Gasteiger partial charge in [0.15, 0.2) is 0 Å². The van der Waals surface area contributed by atoms with Gasteiger partial charge in [-0.3, -0.25) is 9.98 Å². The smallest absolute Gasteiger partial charge is 0.131 e.